The lowest BCUT2D eigenvalue weighted by Gasteiger charge is -2.16. The van der Waals surface area contributed by atoms with E-state index in [1.807, 2.05) is 11.8 Å². The Bertz CT molecular complexity index is 515. The zero-order chi connectivity index (χ0) is 17.5. The fourth-order valence-corrected chi connectivity index (χ4v) is 4.32. The quantitative estimate of drug-likeness (QED) is 0.266. The molecule has 134 valence electrons. The minimum Gasteiger partial charge on any atom is -0.480 e. The van der Waals surface area contributed by atoms with Crippen LogP contribution in [0.3, 0.4) is 0 Å². The Kier molecular flexibility index (Phi) is 6.71. The molecule has 3 unspecified atom stereocenters. The molecule has 2 saturated heterocycles. The molecule has 0 bridgehead atoms. The maximum Gasteiger partial charge on any atom is 0.322 e. The second-order valence-corrected chi connectivity index (χ2v) is 7.09. The first kappa shape index (κ1) is 18.4. The smallest absolute Gasteiger partial charge is 0.322 e. The Morgan fingerprint density at radius 1 is 1.12 bits per heavy atom. The summed E-state index contributed by atoms with van der Waals surface area (Å²) in [6, 6.07) is 0.283. The van der Waals surface area contributed by atoms with Crippen LogP contribution in [0.25, 0.3) is 0 Å². The van der Waals surface area contributed by atoms with Gasteiger partial charge in [0.2, 0.25) is 11.8 Å². The lowest BCUT2D eigenvalue weighted by atomic mass is 10.0. The molecule has 0 saturated carbocycles. The molecule has 2 aliphatic rings. The Morgan fingerprint density at radius 2 is 1.88 bits per heavy atom. The van der Waals surface area contributed by atoms with Gasteiger partial charge in [-0.1, -0.05) is 6.42 Å². The van der Waals surface area contributed by atoms with Crippen molar-refractivity contribution in [1.82, 2.24) is 21.3 Å². The first-order valence-corrected chi connectivity index (χ1v) is 8.94. The predicted molar refractivity (Wildman–Crippen MR) is 87.6 cm³/mol. The lowest BCUT2D eigenvalue weighted by Crippen LogP contribution is -2.39. The highest BCUT2D eigenvalue weighted by molar-refractivity contribution is 8.00. The molecule has 0 radical (unpaired) electrons. The van der Waals surface area contributed by atoms with E-state index in [9.17, 15) is 19.2 Å². The minimum atomic E-state index is -1.13. The van der Waals surface area contributed by atoms with Crippen molar-refractivity contribution in [2.24, 2.45) is 0 Å². The molecule has 9 nitrogen and oxygen atoms in total. The zero-order valence-corrected chi connectivity index (χ0v) is 14.0. The highest BCUT2D eigenvalue weighted by Gasteiger charge is 2.42. The van der Waals surface area contributed by atoms with E-state index < -0.39 is 18.4 Å². The Balaban J connectivity index is 1.53. The van der Waals surface area contributed by atoms with Crippen LogP contribution in [0.2, 0.25) is 0 Å². The Labute approximate surface area is 143 Å². The molecule has 5 N–H and O–H groups in total. The van der Waals surface area contributed by atoms with E-state index >= 15 is 0 Å². The number of carboxylic acid groups (broad SMARTS) is 1. The summed E-state index contributed by atoms with van der Waals surface area (Å²) in [5, 5.41) is 19.2. The number of aliphatic carboxylic acids is 1. The van der Waals surface area contributed by atoms with Crippen LogP contribution >= 0.6 is 11.8 Å². The van der Waals surface area contributed by atoms with Gasteiger partial charge in [0.15, 0.2) is 0 Å². The van der Waals surface area contributed by atoms with Gasteiger partial charge in [0.25, 0.3) is 0 Å². The van der Waals surface area contributed by atoms with Crippen molar-refractivity contribution in [1.29, 1.82) is 0 Å². The SMILES string of the molecule is O=C(O)CNC(=O)CNC(=O)CCCCC1SCC2NC(=O)NC21. The molecule has 2 heterocycles. The summed E-state index contributed by atoms with van der Waals surface area (Å²) in [5.74, 6) is -0.966. The van der Waals surface area contributed by atoms with Gasteiger partial charge in [0.1, 0.15) is 6.54 Å². The fourth-order valence-electron chi connectivity index (χ4n) is 2.78. The molecule has 3 atom stereocenters. The predicted octanol–water partition coefficient (Wildman–Crippen LogP) is -0.971. The number of unbranched alkanes of at least 4 members (excludes halogenated alkanes) is 1. The summed E-state index contributed by atoms with van der Waals surface area (Å²) >= 11 is 1.84. The van der Waals surface area contributed by atoms with E-state index in [1.54, 1.807) is 0 Å². The van der Waals surface area contributed by atoms with Gasteiger partial charge in [-0.15, -0.1) is 0 Å². The van der Waals surface area contributed by atoms with Crippen molar-refractivity contribution >= 4 is 35.6 Å². The summed E-state index contributed by atoms with van der Waals surface area (Å²) in [5.41, 5.74) is 0. The van der Waals surface area contributed by atoms with E-state index in [1.165, 1.54) is 0 Å². The van der Waals surface area contributed by atoms with Gasteiger partial charge < -0.3 is 26.4 Å². The molecule has 0 spiro atoms. The van der Waals surface area contributed by atoms with Crippen molar-refractivity contribution in [2.45, 2.75) is 43.0 Å². The number of carbonyl (C=O) groups is 4. The highest BCUT2D eigenvalue weighted by Crippen LogP contribution is 2.33. The number of hydrogen-bond donors (Lipinski definition) is 5. The standard InChI is InChI=1S/C14H22N4O5S/c19-10(15-5-11(20)16-6-12(21)22)4-2-1-3-9-13-8(7-24-9)17-14(23)18-13/h8-9,13H,1-7H2,(H,15,19)(H,16,20)(H,21,22)(H2,17,18,23). The molecule has 0 aromatic carbocycles. The molecule has 2 rings (SSSR count). The maximum atomic E-state index is 11.6. The van der Waals surface area contributed by atoms with Gasteiger partial charge in [-0.2, -0.15) is 11.8 Å². The van der Waals surface area contributed by atoms with Crippen LogP contribution in [0.5, 0.6) is 0 Å². The van der Waals surface area contributed by atoms with E-state index in [0.29, 0.717) is 18.1 Å². The molecule has 0 aliphatic carbocycles. The lowest BCUT2D eigenvalue weighted by molar-refractivity contribution is -0.137. The van der Waals surface area contributed by atoms with E-state index in [0.717, 1.165) is 18.6 Å². The van der Waals surface area contributed by atoms with Crippen LogP contribution in [0, 0.1) is 0 Å². The van der Waals surface area contributed by atoms with Crippen molar-refractivity contribution in [3.05, 3.63) is 0 Å². The molecule has 4 amide bonds. The highest BCUT2D eigenvalue weighted by atomic mass is 32.2. The summed E-state index contributed by atoms with van der Waals surface area (Å²) in [6.45, 7) is -0.673. The summed E-state index contributed by atoms with van der Waals surface area (Å²) in [7, 11) is 0. The van der Waals surface area contributed by atoms with E-state index in [4.69, 9.17) is 5.11 Å². The molecule has 10 heteroatoms. The van der Waals surface area contributed by atoms with E-state index in [-0.39, 0.29) is 30.6 Å². The molecule has 0 aromatic rings. The van der Waals surface area contributed by atoms with Crippen LogP contribution in [0.15, 0.2) is 0 Å². The van der Waals surface area contributed by atoms with Gasteiger partial charge in [-0.25, -0.2) is 4.79 Å². The normalized spacial score (nSPS) is 24.7. The Hall–Kier alpha value is -1.97. The van der Waals surface area contributed by atoms with Crippen LogP contribution in [0.1, 0.15) is 25.7 Å². The maximum absolute atomic E-state index is 11.6. The number of nitrogens with one attached hydrogen (secondary N) is 4. The third kappa shape index (κ3) is 5.59. The average molecular weight is 358 g/mol. The number of carbonyl (C=O) groups excluding carboxylic acids is 3. The number of amides is 4. The third-order valence-corrected chi connectivity index (χ3v) is 5.47. The van der Waals surface area contributed by atoms with Gasteiger partial charge in [0, 0.05) is 17.4 Å². The van der Waals surface area contributed by atoms with E-state index in [2.05, 4.69) is 21.3 Å². The van der Waals surface area contributed by atoms with Crippen molar-refractivity contribution in [3.8, 4) is 0 Å². The number of carboxylic acids is 1. The monoisotopic (exact) mass is 358 g/mol. The second-order valence-electron chi connectivity index (χ2n) is 5.81. The second kappa shape index (κ2) is 8.76. The fraction of sp³-hybridized carbons (Fsp3) is 0.714. The number of rotatable bonds is 9. The van der Waals surface area contributed by atoms with Crippen LogP contribution in [-0.4, -0.2) is 65.1 Å². The van der Waals surface area contributed by atoms with Crippen LogP contribution < -0.4 is 21.3 Å². The molecule has 0 aromatic heterocycles. The topological polar surface area (TPSA) is 137 Å². The average Bonchev–Trinajstić information content (AvgIpc) is 3.07. The summed E-state index contributed by atoms with van der Waals surface area (Å²) in [4.78, 5) is 44.4. The molecule has 2 aliphatic heterocycles. The van der Waals surface area contributed by atoms with Gasteiger partial charge in [-0.3, -0.25) is 14.4 Å². The summed E-state index contributed by atoms with van der Waals surface area (Å²) in [6.07, 6.45) is 2.83. The number of hydrogen-bond acceptors (Lipinski definition) is 5. The number of fused-ring (bicyclic) bond motifs is 1. The first-order chi connectivity index (χ1) is 11.5. The Morgan fingerprint density at radius 3 is 2.62 bits per heavy atom. The molecular weight excluding hydrogens is 336 g/mol. The van der Waals surface area contributed by atoms with Gasteiger partial charge >= 0.3 is 12.0 Å². The third-order valence-electron chi connectivity index (χ3n) is 3.96. The largest absolute Gasteiger partial charge is 0.480 e. The van der Waals surface area contributed by atoms with Gasteiger partial charge in [-0.05, 0) is 12.8 Å². The molecule has 24 heavy (non-hydrogen) atoms. The van der Waals surface area contributed by atoms with Gasteiger partial charge in [0.05, 0.1) is 18.6 Å². The van der Waals surface area contributed by atoms with Crippen LogP contribution in [0.4, 0.5) is 4.79 Å². The minimum absolute atomic E-state index is 0.101. The first-order valence-electron chi connectivity index (χ1n) is 7.89. The zero-order valence-electron chi connectivity index (χ0n) is 13.2. The molecule has 2 fully saturated rings. The van der Waals surface area contributed by atoms with Crippen molar-refractivity contribution in [3.63, 3.8) is 0 Å². The van der Waals surface area contributed by atoms with Crippen molar-refractivity contribution < 1.29 is 24.3 Å². The van der Waals surface area contributed by atoms with Crippen LogP contribution in [-0.2, 0) is 14.4 Å². The molecular formula is C14H22N4O5S. The summed E-state index contributed by atoms with van der Waals surface area (Å²) < 4.78 is 0. The number of urea groups is 1. The van der Waals surface area contributed by atoms with Crippen molar-refractivity contribution in [2.75, 3.05) is 18.8 Å². The number of thioether (sulfide) groups is 1.